The molecule has 1 amide bonds. The molecule has 0 spiro atoms. The van der Waals surface area contributed by atoms with Gasteiger partial charge in [-0.15, -0.1) is 5.10 Å². The molecule has 0 bridgehead atoms. The number of hydrogen-bond acceptors (Lipinski definition) is 5. The SMILES string of the molecule is Cc1ccc(-c2cn3nc(N4CCC[C@H](C(=O)NCc5ccccc5Cl)C4)sc3n2)cc1. The van der Waals surface area contributed by atoms with Crippen molar-refractivity contribution in [1.82, 2.24) is 19.9 Å². The maximum absolute atomic E-state index is 12.8. The number of halogens is 1. The number of nitrogens with one attached hydrogen (secondary N) is 1. The third-order valence-electron chi connectivity index (χ3n) is 5.85. The third kappa shape index (κ3) is 4.36. The van der Waals surface area contributed by atoms with Crippen molar-refractivity contribution in [1.29, 1.82) is 0 Å². The predicted octanol–water partition coefficient (Wildman–Crippen LogP) is 4.95. The highest BCUT2D eigenvalue weighted by molar-refractivity contribution is 7.20. The first-order valence-corrected chi connectivity index (χ1v) is 12.0. The number of benzene rings is 2. The fraction of sp³-hybridized carbons (Fsp3) is 0.292. The van der Waals surface area contributed by atoms with Gasteiger partial charge in [0.25, 0.3) is 0 Å². The van der Waals surface area contributed by atoms with Gasteiger partial charge in [0.2, 0.25) is 16.0 Å². The predicted molar refractivity (Wildman–Crippen MR) is 129 cm³/mol. The average molecular weight is 466 g/mol. The third-order valence-corrected chi connectivity index (χ3v) is 7.21. The number of piperidine rings is 1. The van der Waals surface area contributed by atoms with Crippen molar-refractivity contribution in [3.8, 4) is 11.3 Å². The molecule has 8 heteroatoms. The minimum absolute atomic E-state index is 0.0643. The Kier molecular flexibility index (Phi) is 5.85. The van der Waals surface area contributed by atoms with E-state index < -0.39 is 0 Å². The van der Waals surface area contributed by atoms with Gasteiger partial charge in [0.05, 0.1) is 17.8 Å². The Bertz CT molecular complexity index is 1220. The van der Waals surface area contributed by atoms with Crippen molar-refractivity contribution in [3.05, 3.63) is 70.9 Å². The molecule has 0 unspecified atom stereocenters. The Hall–Kier alpha value is -2.90. The smallest absolute Gasteiger partial charge is 0.225 e. The largest absolute Gasteiger partial charge is 0.352 e. The van der Waals surface area contributed by atoms with Crippen LogP contribution in [0.15, 0.2) is 54.7 Å². The van der Waals surface area contributed by atoms with E-state index in [2.05, 4.69) is 41.4 Å². The molecule has 2 aromatic heterocycles. The number of aromatic nitrogens is 3. The molecule has 0 saturated carbocycles. The first-order valence-electron chi connectivity index (χ1n) is 10.8. The second-order valence-electron chi connectivity index (χ2n) is 8.20. The highest BCUT2D eigenvalue weighted by Gasteiger charge is 2.28. The summed E-state index contributed by atoms with van der Waals surface area (Å²) in [5.41, 5.74) is 4.17. The number of carbonyl (C=O) groups excluding carboxylic acids is 1. The summed E-state index contributed by atoms with van der Waals surface area (Å²) in [7, 11) is 0. The summed E-state index contributed by atoms with van der Waals surface area (Å²) in [5, 5.41) is 9.38. The number of amides is 1. The van der Waals surface area contributed by atoms with Gasteiger partial charge in [-0.25, -0.2) is 9.50 Å². The summed E-state index contributed by atoms with van der Waals surface area (Å²) < 4.78 is 1.84. The van der Waals surface area contributed by atoms with E-state index in [-0.39, 0.29) is 11.8 Å². The van der Waals surface area contributed by atoms with Gasteiger partial charge in [0, 0.05) is 30.2 Å². The van der Waals surface area contributed by atoms with E-state index in [1.807, 2.05) is 35.0 Å². The number of nitrogens with zero attached hydrogens (tertiary/aromatic N) is 4. The zero-order valence-corrected chi connectivity index (χ0v) is 19.4. The van der Waals surface area contributed by atoms with E-state index in [4.69, 9.17) is 21.7 Å². The fourth-order valence-electron chi connectivity index (χ4n) is 4.01. The van der Waals surface area contributed by atoms with Crippen LogP contribution in [0.25, 0.3) is 16.2 Å². The molecule has 3 heterocycles. The highest BCUT2D eigenvalue weighted by atomic mass is 35.5. The van der Waals surface area contributed by atoms with Crippen molar-refractivity contribution < 1.29 is 4.79 Å². The lowest BCUT2D eigenvalue weighted by atomic mass is 9.97. The van der Waals surface area contributed by atoms with Crippen molar-refractivity contribution in [2.75, 3.05) is 18.0 Å². The molecule has 0 aliphatic carbocycles. The first-order chi connectivity index (χ1) is 15.6. The molecule has 4 aromatic rings. The van der Waals surface area contributed by atoms with Gasteiger partial charge < -0.3 is 10.2 Å². The van der Waals surface area contributed by atoms with Gasteiger partial charge in [-0.2, -0.15) is 0 Å². The van der Waals surface area contributed by atoms with Crippen LogP contribution in [0.2, 0.25) is 5.02 Å². The number of imidazole rings is 1. The van der Waals surface area contributed by atoms with Crippen LogP contribution in [0.5, 0.6) is 0 Å². The normalized spacial score (nSPS) is 16.4. The minimum Gasteiger partial charge on any atom is -0.352 e. The highest BCUT2D eigenvalue weighted by Crippen LogP contribution is 2.30. The van der Waals surface area contributed by atoms with E-state index in [0.29, 0.717) is 18.1 Å². The number of hydrogen-bond donors (Lipinski definition) is 1. The number of fused-ring (bicyclic) bond motifs is 1. The fourth-order valence-corrected chi connectivity index (χ4v) is 5.13. The Balaban J connectivity index is 1.25. The van der Waals surface area contributed by atoms with Crippen LogP contribution >= 0.6 is 22.9 Å². The topological polar surface area (TPSA) is 62.5 Å². The molecule has 1 fully saturated rings. The van der Waals surface area contributed by atoms with Gasteiger partial charge in [-0.3, -0.25) is 4.79 Å². The van der Waals surface area contributed by atoms with Crippen LogP contribution in [-0.4, -0.2) is 33.6 Å². The standard InChI is InChI=1S/C24H24ClN5OS/c1-16-8-10-17(11-9-16)21-15-30-23(27-21)32-24(28-30)29-12-4-6-19(14-29)22(31)26-13-18-5-2-3-7-20(18)25/h2-3,5,7-11,15,19H,4,6,12-14H2,1H3,(H,26,31)/t19-/m0/s1. The zero-order chi connectivity index (χ0) is 22.1. The van der Waals surface area contributed by atoms with Crippen LogP contribution in [0.1, 0.15) is 24.0 Å². The number of aryl methyl sites for hydroxylation is 1. The number of anilines is 1. The Morgan fingerprint density at radius 3 is 2.81 bits per heavy atom. The summed E-state index contributed by atoms with van der Waals surface area (Å²) in [5.74, 6) is 0.00295. The van der Waals surface area contributed by atoms with E-state index in [9.17, 15) is 4.79 Å². The average Bonchev–Trinajstić information content (AvgIpc) is 3.39. The van der Waals surface area contributed by atoms with Crippen molar-refractivity contribution in [2.24, 2.45) is 5.92 Å². The minimum atomic E-state index is -0.0643. The molecule has 1 saturated heterocycles. The van der Waals surface area contributed by atoms with Crippen LogP contribution < -0.4 is 10.2 Å². The summed E-state index contributed by atoms with van der Waals surface area (Å²) in [6, 6.07) is 15.9. The molecule has 0 radical (unpaired) electrons. The number of rotatable bonds is 5. The monoisotopic (exact) mass is 465 g/mol. The number of carbonyl (C=O) groups is 1. The van der Waals surface area contributed by atoms with Crippen molar-refractivity contribution >= 4 is 38.9 Å². The van der Waals surface area contributed by atoms with Gasteiger partial charge in [0.1, 0.15) is 0 Å². The van der Waals surface area contributed by atoms with Gasteiger partial charge >= 0.3 is 0 Å². The van der Waals surface area contributed by atoms with Crippen LogP contribution in [0.3, 0.4) is 0 Å². The van der Waals surface area contributed by atoms with E-state index in [1.54, 1.807) is 11.3 Å². The molecular formula is C24H24ClN5OS. The lowest BCUT2D eigenvalue weighted by Crippen LogP contribution is -2.43. The molecule has 1 aliphatic heterocycles. The molecule has 5 rings (SSSR count). The quantitative estimate of drug-likeness (QED) is 0.453. The summed E-state index contributed by atoms with van der Waals surface area (Å²) >= 11 is 7.77. The van der Waals surface area contributed by atoms with E-state index in [1.165, 1.54) is 5.56 Å². The molecule has 2 aromatic carbocycles. The van der Waals surface area contributed by atoms with E-state index >= 15 is 0 Å². The van der Waals surface area contributed by atoms with Crippen LogP contribution in [0.4, 0.5) is 5.13 Å². The Labute approximate surface area is 195 Å². The van der Waals surface area contributed by atoms with Crippen LogP contribution in [-0.2, 0) is 11.3 Å². The van der Waals surface area contributed by atoms with Crippen LogP contribution in [0, 0.1) is 12.8 Å². The Morgan fingerprint density at radius 1 is 1.22 bits per heavy atom. The molecule has 1 aliphatic rings. The lowest BCUT2D eigenvalue weighted by molar-refractivity contribution is -0.125. The molecule has 1 atom stereocenters. The zero-order valence-electron chi connectivity index (χ0n) is 17.8. The molecule has 164 valence electrons. The summed E-state index contributed by atoms with van der Waals surface area (Å²) in [6.45, 7) is 4.08. The van der Waals surface area contributed by atoms with Gasteiger partial charge in [0.15, 0.2) is 0 Å². The van der Waals surface area contributed by atoms with Gasteiger partial charge in [-0.05, 0) is 31.4 Å². The van der Waals surface area contributed by atoms with Crippen molar-refractivity contribution in [3.63, 3.8) is 0 Å². The lowest BCUT2D eigenvalue weighted by Gasteiger charge is -2.31. The maximum Gasteiger partial charge on any atom is 0.225 e. The molecule has 1 N–H and O–H groups in total. The van der Waals surface area contributed by atoms with Gasteiger partial charge in [-0.1, -0.05) is 71.0 Å². The second kappa shape index (κ2) is 8.92. The summed E-state index contributed by atoms with van der Waals surface area (Å²) in [6.07, 6.45) is 3.81. The second-order valence-corrected chi connectivity index (χ2v) is 9.54. The molecule has 32 heavy (non-hydrogen) atoms. The molecule has 6 nitrogen and oxygen atoms in total. The first kappa shape index (κ1) is 21.0. The maximum atomic E-state index is 12.8. The summed E-state index contributed by atoms with van der Waals surface area (Å²) in [4.78, 5) is 20.6. The molecular weight excluding hydrogens is 442 g/mol. The van der Waals surface area contributed by atoms with E-state index in [0.717, 1.165) is 46.3 Å². The Morgan fingerprint density at radius 2 is 2.03 bits per heavy atom. The van der Waals surface area contributed by atoms with Crippen molar-refractivity contribution in [2.45, 2.75) is 26.3 Å².